The zero-order valence-electron chi connectivity index (χ0n) is 11.4. The average molecular weight is 267 g/mol. The normalized spacial score (nSPS) is 11.7. The molecule has 2 aromatic carbocycles. The van der Waals surface area contributed by atoms with Gasteiger partial charge in [-0.15, -0.1) is 0 Å². The summed E-state index contributed by atoms with van der Waals surface area (Å²) in [5.41, 5.74) is 2.58. The van der Waals surface area contributed by atoms with Crippen molar-refractivity contribution in [3.8, 4) is 6.07 Å². The first kappa shape index (κ1) is 14.0. The summed E-state index contributed by atoms with van der Waals surface area (Å²) in [4.78, 5) is 12.6. The summed E-state index contributed by atoms with van der Waals surface area (Å²) in [5, 5.41) is 9.29. The lowest BCUT2D eigenvalue weighted by atomic mass is 9.88. The van der Waals surface area contributed by atoms with Crippen LogP contribution >= 0.6 is 0 Å². The molecular weight excluding hydrogens is 253 g/mol. The third-order valence-corrected chi connectivity index (χ3v) is 3.30. The zero-order chi connectivity index (χ0) is 14.7. The van der Waals surface area contributed by atoms with Crippen molar-refractivity contribution >= 4 is 5.78 Å². The molecule has 1 unspecified atom stereocenters. The van der Waals surface area contributed by atoms with Crippen molar-refractivity contribution in [3.63, 3.8) is 0 Å². The molecule has 0 aliphatic rings. The van der Waals surface area contributed by atoms with Gasteiger partial charge in [-0.05, 0) is 42.7 Å². The Morgan fingerprint density at radius 2 is 1.75 bits per heavy atom. The molecule has 100 valence electrons. The molecule has 0 aromatic heterocycles. The summed E-state index contributed by atoms with van der Waals surface area (Å²) in [5.74, 6) is -1.71. The van der Waals surface area contributed by atoms with Gasteiger partial charge in [-0.3, -0.25) is 4.79 Å². The molecule has 0 saturated heterocycles. The summed E-state index contributed by atoms with van der Waals surface area (Å²) in [7, 11) is 0. The maximum atomic E-state index is 13.3. The summed E-state index contributed by atoms with van der Waals surface area (Å²) in [6.07, 6.45) is 0. The van der Waals surface area contributed by atoms with Crippen LogP contribution in [0.4, 0.5) is 4.39 Å². The minimum Gasteiger partial charge on any atom is -0.292 e. The van der Waals surface area contributed by atoms with Crippen LogP contribution in [0.2, 0.25) is 0 Å². The number of ketones is 1. The van der Waals surface area contributed by atoms with Crippen molar-refractivity contribution in [1.29, 1.82) is 5.26 Å². The molecule has 2 nitrogen and oxygen atoms in total. The standard InChI is InChI=1S/C17H14FNO/c1-11-5-3-6-12(2)16(11)17(20)15(10-19)13-7-4-8-14(18)9-13/h3-9,15H,1-2H3. The van der Waals surface area contributed by atoms with E-state index in [0.717, 1.165) is 11.1 Å². The Bertz CT molecular complexity index is 680. The van der Waals surface area contributed by atoms with Gasteiger partial charge in [-0.25, -0.2) is 4.39 Å². The fraction of sp³-hybridized carbons (Fsp3) is 0.176. The Morgan fingerprint density at radius 3 is 2.30 bits per heavy atom. The van der Waals surface area contributed by atoms with Gasteiger partial charge in [-0.2, -0.15) is 5.26 Å². The minimum absolute atomic E-state index is 0.284. The summed E-state index contributed by atoms with van der Waals surface area (Å²) in [6.45, 7) is 3.67. The molecule has 0 spiro atoms. The van der Waals surface area contributed by atoms with Crippen molar-refractivity contribution in [1.82, 2.24) is 0 Å². The first-order valence-corrected chi connectivity index (χ1v) is 6.30. The van der Waals surface area contributed by atoms with Gasteiger partial charge in [-0.1, -0.05) is 30.3 Å². The van der Waals surface area contributed by atoms with Crippen LogP contribution in [0, 0.1) is 31.0 Å². The van der Waals surface area contributed by atoms with E-state index in [4.69, 9.17) is 0 Å². The molecule has 0 amide bonds. The molecule has 0 fully saturated rings. The van der Waals surface area contributed by atoms with E-state index in [2.05, 4.69) is 0 Å². The second kappa shape index (κ2) is 5.66. The average Bonchev–Trinajstić information content (AvgIpc) is 2.39. The summed E-state index contributed by atoms with van der Waals surface area (Å²) < 4.78 is 13.3. The Labute approximate surface area is 117 Å². The van der Waals surface area contributed by atoms with Gasteiger partial charge in [0.1, 0.15) is 11.7 Å². The minimum atomic E-state index is -0.981. The number of halogens is 1. The Hall–Kier alpha value is -2.47. The van der Waals surface area contributed by atoms with Gasteiger partial charge >= 0.3 is 0 Å². The van der Waals surface area contributed by atoms with Crippen molar-refractivity contribution in [2.75, 3.05) is 0 Å². The summed E-state index contributed by atoms with van der Waals surface area (Å²) in [6, 6.07) is 13.2. The second-order valence-corrected chi connectivity index (χ2v) is 4.75. The molecule has 1 atom stereocenters. The number of rotatable bonds is 3. The molecule has 0 aliphatic heterocycles. The van der Waals surface area contributed by atoms with E-state index in [1.54, 1.807) is 6.07 Å². The molecule has 0 bridgehead atoms. The smallest absolute Gasteiger partial charge is 0.184 e. The number of nitriles is 1. The molecule has 3 heteroatoms. The Morgan fingerprint density at radius 1 is 1.15 bits per heavy atom. The molecular formula is C17H14FNO. The molecule has 0 heterocycles. The highest BCUT2D eigenvalue weighted by Crippen LogP contribution is 2.25. The fourth-order valence-electron chi connectivity index (χ4n) is 2.32. The maximum absolute atomic E-state index is 13.3. The number of Topliss-reactive ketones (excluding diaryl/α,β-unsaturated/α-hetero) is 1. The van der Waals surface area contributed by atoms with E-state index in [-0.39, 0.29) is 5.78 Å². The maximum Gasteiger partial charge on any atom is 0.184 e. The summed E-state index contributed by atoms with van der Waals surface area (Å²) >= 11 is 0. The van der Waals surface area contributed by atoms with Crippen molar-refractivity contribution in [2.45, 2.75) is 19.8 Å². The van der Waals surface area contributed by atoms with Crippen LogP contribution in [0.5, 0.6) is 0 Å². The molecule has 0 N–H and O–H groups in total. The number of benzene rings is 2. The quantitative estimate of drug-likeness (QED) is 0.790. The van der Waals surface area contributed by atoms with E-state index in [1.807, 2.05) is 38.1 Å². The third kappa shape index (κ3) is 2.60. The Kier molecular flexibility index (Phi) is 3.95. The van der Waals surface area contributed by atoms with Crippen LogP contribution in [0.3, 0.4) is 0 Å². The van der Waals surface area contributed by atoms with E-state index in [1.165, 1.54) is 18.2 Å². The van der Waals surface area contributed by atoms with Gasteiger partial charge in [0, 0.05) is 5.56 Å². The lowest BCUT2D eigenvalue weighted by molar-refractivity contribution is 0.0977. The topological polar surface area (TPSA) is 40.9 Å². The highest BCUT2D eigenvalue weighted by Gasteiger charge is 2.24. The highest BCUT2D eigenvalue weighted by atomic mass is 19.1. The van der Waals surface area contributed by atoms with E-state index < -0.39 is 11.7 Å². The number of aryl methyl sites for hydroxylation is 2. The molecule has 2 rings (SSSR count). The van der Waals surface area contributed by atoms with E-state index >= 15 is 0 Å². The number of hydrogen-bond donors (Lipinski definition) is 0. The van der Waals surface area contributed by atoms with Crippen LogP contribution in [-0.4, -0.2) is 5.78 Å². The molecule has 0 saturated carbocycles. The zero-order valence-corrected chi connectivity index (χ0v) is 11.4. The highest BCUT2D eigenvalue weighted by molar-refractivity contribution is 6.04. The van der Waals surface area contributed by atoms with Crippen molar-refractivity contribution in [2.24, 2.45) is 0 Å². The first-order chi connectivity index (χ1) is 9.54. The Balaban J connectivity index is 2.48. The van der Waals surface area contributed by atoms with Gasteiger partial charge in [0.25, 0.3) is 0 Å². The van der Waals surface area contributed by atoms with Crippen LogP contribution < -0.4 is 0 Å². The van der Waals surface area contributed by atoms with Crippen LogP contribution in [0.25, 0.3) is 0 Å². The number of carbonyl (C=O) groups is 1. The monoisotopic (exact) mass is 267 g/mol. The predicted octanol–water partition coefficient (Wildman–Crippen LogP) is 3.93. The van der Waals surface area contributed by atoms with Crippen LogP contribution in [-0.2, 0) is 0 Å². The molecule has 20 heavy (non-hydrogen) atoms. The third-order valence-electron chi connectivity index (χ3n) is 3.30. The number of nitrogens with zero attached hydrogens (tertiary/aromatic N) is 1. The number of hydrogen-bond acceptors (Lipinski definition) is 2. The lowest BCUT2D eigenvalue weighted by Crippen LogP contribution is -2.14. The van der Waals surface area contributed by atoms with Gasteiger partial charge < -0.3 is 0 Å². The second-order valence-electron chi connectivity index (χ2n) is 4.75. The van der Waals surface area contributed by atoms with Gasteiger partial charge in [0.05, 0.1) is 6.07 Å². The first-order valence-electron chi connectivity index (χ1n) is 6.30. The molecule has 2 aromatic rings. The molecule has 0 aliphatic carbocycles. The van der Waals surface area contributed by atoms with Gasteiger partial charge in [0.2, 0.25) is 0 Å². The largest absolute Gasteiger partial charge is 0.292 e. The van der Waals surface area contributed by atoms with E-state index in [0.29, 0.717) is 11.1 Å². The van der Waals surface area contributed by atoms with Crippen LogP contribution in [0.15, 0.2) is 42.5 Å². The van der Waals surface area contributed by atoms with Gasteiger partial charge in [0.15, 0.2) is 5.78 Å². The SMILES string of the molecule is Cc1cccc(C)c1C(=O)C(C#N)c1cccc(F)c1. The number of carbonyl (C=O) groups excluding carboxylic acids is 1. The molecule has 0 radical (unpaired) electrons. The van der Waals surface area contributed by atoms with Crippen molar-refractivity contribution < 1.29 is 9.18 Å². The fourth-order valence-corrected chi connectivity index (χ4v) is 2.32. The van der Waals surface area contributed by atoms with Crippen molar-refractivity contribution in [3.05, 3.63) is 70.5 Å². The van der Waals surface area contributed by atoms with E-state index in [9.17, 15) is 14.4 Å². The van der Waals surface area contributed by atoms with Crippen LogP contribution in [0.1, 0.15) is 33.0 Å². The lowest BCUT2D eigenvalue weighted by Gasteiger charge is -2.13. The predicted molar refractivity (Wildman–Crippen MR) is 75.0 cm³/mol.